The first kappa shape index (κ1) is 19.4. The number of rotatable bonds is 5. The third-order valence-electron chi connectivity index (χ3n) is 4.56. The predicted octanol–water partition coefficient (Wildman–Crippen LogP) is 4.17. The van der Waals surface area contributed by atoms with Crippen molar-refractivity contribution in [1.29, 1.82) is 0 Å². The Hall–Kier alpha value is -2.34. The molecule has 1 atom stereocenters. The van der Waals surface area contributed by atoms with Gasteiger partial charge in [-0.15, -0.1) is 11.8 Å². The Morgan fingerprint density at radius 1 is 1.22 bits per heavy atom. The van der Waals surface area contributed by atoms with E-state index in [-0.39, 0.29) is 28.6 Å². The lowest BCUT2D eigenvalue weighted by molar-refractivity contribution is -0.117. The molecule has 0 saturated heterocycles. The first-order valence-electron chi connectivity index (χ1n) is 9.02. The minimum Gasteiger partial charge on any atom is -0.325 e. The fourth-order valence-electron chi connectivity index (χ4n) is 3.18. The van der Waals surface area contributed by atoms with Gasteiger partial charge in [-0.1, -0.05) is 17.7 Å². The third-order valence-corrected chi connectivity index (χ3v) is 5.69. The summed E-state index contributed by atoms with van der Waals surface area (Å²) in [4.78, 5) is 26.8. The van der Waals surface area contributed by atoms with Gasteiger partial charge in [0.2, 0.25) is 11.8 Å². The second-order valence-corrected chi connectivity index (χ2v) is 8.06. The number of carbonyl (C=O) groups excluding carboxylic acids is 2. The molecule has 27 heavy (non-hydrogen) atoms. The van der Waals surface area contributed by atoms with Crippen LogP contribution in [-0.2, 0) is 16.0 Å². The van der Waals surface area contributed by atoms with Crippen molar-refractivity contribution in [2.45, 2.75) is 31.9 Å². The summed E-state index contributed by atoms with van der Waals surface area (Å²) >= 11 is 1.31. The van der Waals surface area contributed by atoms with E-state index in [9.17, 15) is 14.0 Å². The van der Waals surface area contributed by atoms with Crippen molar-refractivity contribution < 1.29 is 14.0 Å². The molecule has 0 radical (unpaired) electrons. The van der Waals surface area contributed by atoms with Crippen LogP contribution in [0, 0.1) is 12.7 Å². The minimum atomic E-state index is -0.349. The van der Waals surface area contributed by atoms with Crippen molar-refractivity contribution in [2.24, 2.45) is 0 Å². The highest BCUT2D eigenvalue weighted by molar-refractivity contribution is 8.01. The Balaban J connectivity index is 1.57. The number of nitrogens with one attached hydrogen (secondary N) is 1. The van der Waals surface area contributed by atoms with Crippen molar-refractivity contribution >= 4 is 35.0 Å². The van der Waals surface area contributed by atoms with Crippen molar-refractivity contribution in [1.82, 2.24) is 0 Å². The lowest BCUT2D eigenvalue weighted by atomic mass is 9.99. The molecule has 0 saturated carbocycles. The van der Waals surface area contributed by atoms with E-state index in [1.807, 2.05) is 24.0 Å². The van der Waals surface area contributed by atoms with Gasteiger partial charge in [0, 0.05) is 17.9 Å². The standard InChI is InChI=1S/C21H23FN2O2S/c1-14-5-10-19-16(12-14)4-3-11-24(19)21(26)15(2)27-13-20(25)23-18-8-6-17(22)7-9-18/h5-10,12,15H,3-4,11,13H2,1-2H3,(H,23,25). The SMILES string of the molecule is Cc1ccc2c(c1)CCCN2C(=O)C(C)SCC(=O)Nc1ccc(F)cc1. The average Bonchev–Trinajstić information content (AvgIpc) is 2.66. The molecule has 0 fully saturated rings. The maximum atomic E-state index is 12.9. The molecule has 0 aliphatic carbocycles. The van der Waals surface area contributed by atoms with Crippen molar-refractivity contribution in [3.63, 3.8) is 0 Å². The monoisotopic (exact) mass is 386 g/mol. The van der Waals surface area contributed by atoms with Crippen molar-refractivity contribution in [3.05, 3.63) is 59.4 Å². The molecular formula is C21H23FN2O2S. The van der Waals surface area contributed by atoms with Gasteiger partial charge in [0.25, 0.3) is 0 Å². The Labute approximate surface area is 163 Å². The van der Waals surface area contributed by atoms with E-state index in [4.69, 9.17) is 0 Å². The molecule has 4 nitrogen and oxygen atoms in total. The van der Waals surface area contributed by atoms with Gasteiger partial charge in [0.05, 0.1) is 11.0 Å². The number of benzene rings is 2. The molecule has 0 aromatic heterocycles. The molecular weight excluding hydrogens is 363 g/mol. The number of aryl methyl sites for hydroxylation is 2. The number of amides is 2. The van der Waals surface area contributed by atoms with Crippen LogP contribution in [0.1, 0.15) is 24.5 Å². The number of hydrogen-bond acceptors (Lipinski definition) is 3. The molecule has 1 aliphatic rings. The number of fused-ring (bicyclic) bond motifs is 1. The van der Waals surface area contributed by atoms with Crippen LogP contribution < -0.4 is 10.2 Å². The van der Waals surface area contributed by atoms with E-state index < -0.39 is 0 Å². The van der Waals surface area contributed by atoms with Gasteiger partial charge in [0.15, 0.2) is 0 Å². The summed E-state index contributed by atoms with van der Waals surface area (Å²) in [5, 5.41) is 2.39. The van der Waals surface area contributed by atoms with Crippen molar-refractivity contribution in [2.75, 3.05) is 22.5 Å². The van der Waals surface area contributed by atoms with Crippen LogP contribution in [0.4, 0.5) is 15.8 Å². The summed E-state index contributed by atoms with van der Waals surface area (Å²) < 4.78 is 12.9. The second kappa shape index (κ2) is 8.57. The summed E-state index contributed by atoms with van der Waals surface area (Å²) in [7, 11) is 0. The van der Waals surface area contributed by atoms with Crippen LogP contribution >= 0.6 is 11.8 Å². The molecule has 142 valence electrons. The quantitative estimate of drug-likeness (QED) is 0.839. The van der Waals surface area contributed by atoms with Crippen LogP contribution in [-0.4, -0.2) is 29.4 Å². The Morgan fingerprint density at radius 2 is 1.96 bits per heavy atom. The van der Waals surface area contributed by atoms with Crippen LogP contribution in [0.2, 0.25) is 0 Å². The molecule has 2 aromatic carbocycles. The average molecular weight is 386 g/mol. The van der Waals surface area contributed by atoms with E-state index in [0.717, 1.165) is 18.5 Å². The van der Waals surface area contributed by atoms with Crippen LogP contribution in [0.25, 0.3) is 0 Å². The lowest BCUT2D eigenvalue weighted by Crippen LogP contribution is -2.40. The largest absolute Gasteiger partial charge is 0.325 e. The Kier molecular flexibility index (Phi) is 6.16. The Bertz CT molecular complexity index is 839. The van der Waals surface area contributed by atoms with Gasteiger partial charge in [-0.05, 0) is 62.6 Å². The highest BCUT2D eigenvalue weighted by Gasteiger charge is 2.27. The zero-order chi connectivity index (χ0) is 19.4. The van der Waals surface area contributed by atoms with Gasteiger partial charge >= 0.3 is 0 Å². The van der Waals surface area contributed by atoms with Gasteiger partial charge < -0.3 is 10.2 Å². The molecule has 3 rings (SSSR count). The maximum absolute atomic E-state index is 12.9. The van der Waals surface area contributed by atoms with E-state index in [2.05, 4.69) is 18.3 Å². The fraction of sp³-hybridized carbons (Fsp3) is 0.333. The summed E-state index contributed by atoms with van der Waals surface area (Å²) in [5.74, 6) is -0.363. The molecule has 6 heteroatoms. The minimum absolute atomic E-state index is 0.0272. The first-order valence-corrected chi connectivity index (χ1v) is 10.1. The number of hydrogen-bond donors (Lipinski definition) is 1. The number of halogens is 1. The maximum Gasteiger partial charge on any atom is 0.239 e. The smallest absolute Gasteiger partial charge is 0.239 e. The highest BCUT2D eigenvalue weighted by atomic mass is 32.2. The number of nitrogens with zero attached hydrogens (tertiary/aromatic N) is 1. The summed E-state index contributed by atoms with van der Waals surface area (Å²) in [6.07, 6.45) is 1.94. The van der Waals surface area contributed by atoms with E-state index in [0.29, 0.717) is 12.2 Å². The fourth-order valence-corrected chi connectivity index (χ4v) is 3.92. The van der Waals surface area contributed by atoms with Gasteiger partial charge in [-0.3, -0.25) is 9.59 Å². The molecule has 1 heterocycles. The molecule has 2 amide bonds. The van der Waals surface area contributed by atoms with E-state index in [1.54, 1.807) is 0 Å². The third kappa shape index (κ3) is 4.89. The summed E-state index contributed by atoms with van der Waals surface area (Å²) in [6, 6.07) is 11.8. The van der Waals surface area contributed by atoms with Gasteiger partial charge in [-0.2, -0.15) is 0 Å². The normalized spacial score (nSPS) is 14.4. The van der Waals surface area contributed by atoms with Crippen LogP contribution in [0.3, 0.4) is 0 Å². The predicted molar refractivity (Wildman–Crippen MR) is 109 cm³/mol. The first-order chi connectivity index (χ1) is 12.9. The molecule has 1 unspecified atom stereocenters. The van der Waals surface area contributed by atoms with Crippen LogP contribution in [0.5, 0.6) is 0 Å². The van der Waals surface area contributed by atoms with Crippen molar-refractivity contribution in [3.8, 4) is 0 Å². The van der Waals surface area contributed by atoms with Crippen LogP contribution in [0.15, 0.2) is 42.5 Å². The van der Waals surface area contributed by atoms with Gasteiger partial charge in [-0.25, -0.2) is 4.39 Å². The molecule has 2 aromatic rings. The lowest BCUT2D eigenvalue weighted by Gasteiger charge is -2.31. The molecule has 1 N–H and O–H groups in total. The van der Waals surface area contributed by atoms with E-state index >= 15 is 0 Å². The molecule has 1 aliphatic heterocycles. The summed E-state index contributed by atoms with van der Waals surface area (Å²) in [6.45, 7) is 4.60. The zero-order valence-electron chi connectivity index (χ0n) is 15.5. The molecule has 0 spiro atoms. The number of anilines is 2. The molecule has 0 bridgehead atoms. The second-order valence-electron chi connectivity index (χ2n) is 6.73. The Morgan fingerprint density at radius 3 is 2.70 bits per heavy atom. The van der Waals surface area contributed by atoms with E-state index in [1.165, 1.54) is 47.2 Å². The number of thioether (sulfide) groups is 1. The number of carbonyl (C=O) groups is 2. The topological polar surface area (TPSA) is 49.4 Å². The van der Waals surface area contributed by atoms with Gasteiger partial charge in [0.1, 0.15) is 5.82 Å². The summed E-state index contributed by atoms with van der Waals surface area (Å²) in [5.41, 5.74) is 3.94. The zero-order valence-corrected chi connectivity index (χ0v) is 16.3. The highest BCUT2D eigenvalue weighted by Crippen LogP contribution is 2.30.